The number of carbonyl (C=O) groups is 1. The van der Waals surface area contributed by atoms with Crippen LogP contribution in [0.2, 0.25) is 5.02 Å². The average molecular weight is 393 g/mol. The van der Waals surface area contributed by atoms with Gasteiger partial charge in [-0.3, -0.25) is 9.78 Å². The van der Waals surface area contributed by atoms with Crippen LogP contribution < -0.4 is 5.32 Å². The largest absolute Gasteiger partial charge is 0.390 e. The van der Waals surface area contributed by atoms with Crippen molar-refractivity contribution in [2.75, 3.05) is 5.32 Å². The summed E-state index contributed by atoms with van der Waals surface area (Å²) in [6, 6.07) is 8.35. The summed E-state index contributed by atoms with van der Waals surface area (Å²) in [5.74, 6) is -0.353. The third-order valence-corrected chi connectivity index (χ3v) is 4.01. The van der Waals surface area contributed by atoms with Gasteiger partial charge >= 0.3 is 0 Å². The van der Waals surface area contributed by atoms with Gasteiger partial charge in [0.15, 0.2) is 5.82 Å². The maximum atomic E-state index is 13.0. The Bertz CT molecular complexity index is 962. The first kappa shape index (κ1) is 18.9. The summed E-state index contributed by atoms with van der Waals surface area (Å²) in [5, 5.41) is 12.2. The number of hydrogen-bond donors (Lipinski definition) is 2. The van der Waals surface area contributed by atoms with E-state index >= 15 is 0 Å². The maximum absolute atomic E-state index is 13.0. The van der Waals surface area contributed by atoms with Crippen LogP contribution >= 0.6 is 11.6 Å². The summed E-state index contributed by atoms with van der Waals surface area (Å²) in [4.78, 5) is 20.1. The third kappa shape index (κ3) is 4.66. The normalized spacial score (nSPS) is 11.0. The Hall–Kier alpha value is -2.84. The van der Waals surface area contributed by atoms with Crippen LogP contribution in [0.5, 0.6) is 0 Å². The highest BCUT2D eigenvalue weighted by Crippen LogP contribution is 2.23. The van der Waals surface area contributed by atoms with Crippen molar-refractivity contribution in [3.63, 3.8) is 0 Å². The average Bonchev–Trinajstić information content (AvgIpc) is 3.07. The number of alkyl halides is 2. The Balaban J connectivity index is 1.71. The lowest BCUT2D eigenvalue weighted by molar-refractivity contribution is 0.102. The highest BCUT2D eigenvalue weighted by atomic mass is 35.5. The lowest BCUT2D eigenvalue weighted by atomic mass is 10.1. The number of nitrogens with one attached hydrogen (secondary N) is 1. The monoisotopic (exact) mass is 392 g/mol. The van der Waals surface area contributed by atoms with Crippen LogP contribution in [0.4, 0.5) is 14.6 Å². The molecule has 9 heteroatoms. The second-order valence-corrected chi connectivity index (χ2v) is 6.17. The number of aromatic nitrogens is 3. The zero-order chi connectivity index (χ0) is 19.4. The van der Waals surface area contributed by atoms with Crippen LogP contribution in [0.25, 0.3) is 0 Å². The predicted molar refractivity (Wildman–Crippen MR) is 95.9 cm³/mol. The number of rotatable bonds is 6. The van der Waals surface area contributed by atoms with Crippen LogP contribution in [0.15, 0.2) is 49.1 Å². The molecule has 3 aromatic rings. The molecule has 6 nitrogen and oxygen atoms in total. The van der Waals surface area contributed by atoms with E-state index in [1.807, 2.05) is 18.2 Å². The fraction of sp³-hybridized carbons (Fsp3) is 0.167. The lowest BCUT2D eigenvalue weighted by Gasteiger charge is -2.08. The first-order valence-electron chi connectivity index (χ1n) is 7.91. The molecule has 2 aromatic heterocycles. The van der Waals surface area contributed by atoms with Crippen molar-refractivity contribution in [2.24, 2.45) is 0 Å². The van der Waals surface area contributed by atoms with Crippen molar-refractivity contribution >= 4 is 23.3 Å². The van der Waals surface area contributed by atoms with Gasteiger partial charge in [-0.25, -0.2) is 13.8 Å². The SMILES string of the molecule is O=C(Nc1cn(Cc2cccc(Cl)c2)cn1)c1cnc(CO)c(C(F)F)c1. The third-order valence-electron chi connectivity index (χ3n) is 3.78. The molecule has 0 aliphatic heterocycles. The van der Waals surface area contributed by atoms with Crippen LogP contribution in [-0.2, 0) is 13.2 Å². The van der Waals surface area contributed by atoms with Gasteiger partial charge < -0.3 is 15.0 Å². The Morgan fingerprint density at radius 1 is 1.30 bits per heavy atom. The fourth-order valence-corrected chi connectivity index (χ4v) is 2.71. The fourth-order valence-electron chi connectivity index (χ4n) is 2.50. The van der Waals surface area contributed by atoms with Crippen LogP contribution in [0.3, 0.4) is 0 Å². The maximum Gasteiger partial charge on any atom is 0.265 e. The van der Waals surface area contributed by atoms with E-state index in [1.165, 1.54) is 6.33 Å². The molecular weight excluding hydrogens is 378 g/mol. The van der Waals surface area contributed by atoms with Crippen molar-refractivity contribution in [2.45, 2.75) is 19.6 Å². The van der Waals surface area contributed by atoms with E-state index in [4.69, 9.17) is 16.7 Å². The highest BCUT2D eigenvalue weighted by molar-refractivity contribution is 6.30. The number of imidazole rings is 1. The van der Waals surface area contributed by atoms with E-state index in [0.29, 0.717) is 11.6 Å². The molecule has 0 radical (unpaired) electrons. The van der Waals surface area contributed by atoms with E-state index in [2.05, 4.69) is 15.3 Å². The number of aliphatic hydroxyl groups excluding tert-OH is 1. The van der Waals surface area contributed by atoms with Gasteiger partial charge in [0.1, 0.15) is 0 Å². The quantitative estimate of drug-likeness (QED) is 0.671. The summed E-state index contributed by atoms with van der Waals surface area (Å²) < 4.78 is 27.8. The van der Waals surface area contributed by atoms with E-state index in [9.17, 15) is 13.6 Å². The highest BCUT2D eigenvalue weighted by Gasteiger charge is 2.17. The van der Waals surface area contributed by atoms with Crippen molar-refractivity contribution in [3.05, 3.63) is 76.5 Å². The molecule has 0 fully saturated rings. The summed E-state index contributed by atoms with van der Waals surface area (Å²) >= 11 is 5.95. The summed E-state index contributed by atoms with van der Waals surface area (Å²) in [7, 11) is 0. The van der Waals surface area contributed by atoms with Gasteiger partial charge in [0.2, 0.25) is 0 Å². The van der Waals surface area contributed by atoms with Crippen LogP contribution in [0, 0.1) is 0 Å². The van der Waals surface area contributed by atoms with Crippen LogP contribution in [-0.4, -0.2) is 25.5 Å². The molecule has 27 heavy (non-hydrogen) atoms. The van der Waals surface area contributed by atoms with Gasteiger partial charge in [0.25, 0.3) is 12.3 Å². The van der Waals surface area contributed by atoms with E-state index in [-0.39, 0.29) is 17.1 Å². The smallest absolute Gasteiger partial charge is 0.265 e. The number of amides is 1. The molecule has 3 rings (SSSR count). The first-order valence-corrected chi connectivity index (χ1v) is 8.29. The van der Waals surface area contributed by atoms with E-state index < -0.39 is 24.5 Å². The number of aliphatic hydroxyl groups is 1. The number of carbonyl (C=O) groups excluding carboxylic acids is 1. The Kier molecular flexibility index (Phi) is 5.78. The Morgan fingerprint density at radius 3 is 2.81 bits per heavy atom. The first-order chi connectivity index (χ1) is 13.0. The molecule has 140 valence electrons. The minimum Gasteiger partial charge on any atom is -0.390 e. The molecule has 0 bridgehead atoms. The van der Waals surface area contributed by atoms with Gasteiger partial charge in [0.05, 0.1) is 24.2 Å². The van der Waals surface area contributed by atoms with Gasteiger partial charge in [0, 0.05) is 29.5 Å². The minimum absolute atomic E-state index is 0.0492. The van der Waals surface area contributed by atoms with Crippen molar-refractivity contribution in [3.8, 4) is 0 Å². The lowest BCUT2D eigenvalue weighted by Crippen LogP contribution is -2.14. The van der Waals surface area contributed by atoms with E-state index in [1.54, 1.807) is 16.8 Å². The molecular formula is C18H15ClF2N4O2. The number of pyridine rings is 1. The molecule has 0 aliphatic carbocycles. The minimum atomic E-state index is -2.84. The Labute approximate surface area is 158 Å². The van der Waals surface area contributed by atoms with Crippen molar-refractivity contribution in [1.82, 2.24) is 14.5 Å². The molecule has 0 spiro atoms. The molecule has 0 atom stereocenters. The molecule has 0 saturated carbocycles. The standard InChI is InChI=1S/C18H15ClF2N4O2/c19-13-3-1-2-11(4-13)7-25-8-16(23-10-25)24-18(27)12-5-14(17(20)21)15(9-26)22-6-12/h1-6,8,10,17,26H,7,9H2,(H,24,27). The molecule has 0 unspecified atom stereocenters. The molecule has 0 aliphatic rings. The van der Waals surface area contributed by atoms with Gasteiger partial charge in [-0.1, -0.05) is 23.7 Å². The zero-order valence-corrected chi connectivity index (χ0v) is 14.7. The molecule has 2 heterocycles. The number of nitrogens with zero attached hydrogens (tertiary/aromatic N) is 3. The number of halogens is 3. The van der Waals surface area contributed by atoms with Crippen molar-refractivity contribution < 1.29 is 18.7 Å². The predicted octanol–water partition coefficient (Wildman–Crippen LogP) is 3.66. The second-order valence-electron chi connectivity index (χ2n) is 5.73. The molecule has 2 N–H and O–H groups in total. The van der Waals surface area contributed by atoms with Gasteiger partial charge in [-0.2, -0.15) is 0 Å². The summed E-state index contributed by atoms with van der Waals surface area (Å²) in [6.07, 6.45) is 1.44. The summed E-state index contributed by atoms with van der Waals surface area (Å²) in [6.45, 7) is -0.124. The Morgan fingerprint density at radius 2 is 2.11 bits per heavy atom. The number of hydrogen-bond acceptors (Lipinski definition) is 4. The molecule has 1 amide bonds. The van der Waals surface area contributed by atoms with Crippen molar-refractivity contribution in [1.29, 1.82) is 0 Å². The van der Waals surface area contributed by atoms with Crippen LogP contribution in [0.1, 0.15) is 33.6 Å². The topological polar surface area (TPSA) is 80.0 Å². The molecule has 1 aromatic carbocycles. The second kappa shape index (κ2) is 8.24. The van der Waals surface area contributed by atoms with Gasteiger partial charge in [-0.15, -0.1) is 0 Å². The van der Waals surface area contributed by atoms with Gasteiger partial charge in [-0.05, 0) is 23.8 Å². The van der Waals surface area contributed by atoms with E-state index in [0.717, 1.165) is 17.8 Å². The number of benzene rings is 1. The number of anilines is 1. The zero-order valence-electron chi connectivity index (χ0n) is 13.9. The summed E-state index contributed by atoms with van der Waals surface area (Å²) in [5.41, 5.74) is 0.277. The molecule has 0 saturated heterocycles.